The topological polar surface area (TPSA) is 42.0 Å². The van der Waals surface area contributed by atoms with Crippen molar-refractivity contribution in [1.29, 1.82) is 0 Å². The van der Waals surface area contributed by atoms with Gasteiger partial charge in [0.1, 0.15) is 0 Å². The molecule has 1 heterocycles. The number of nitrogens with one attached hydrogen (secondary N) is 1. The number of rotatable bonds is 2. The molecule has 6 heteroatoms. The van der Waals surface area contributed by atoms with E-state index in [2.05, 4.69) is 4.98 Å². The van der Waals surface area contributed by atoms with Gasteiger partial charge in [0.2, 0.25) is 0 Å². The Hall–Kier alpha value is -1.04. The predicted molar refractivity (Wildman–Crippen MR) is 46.2 cm³/mol. The lowest BCUT2D eigenvalue weighted by Gasteiger charge is -1.97. The monoisotopic (exact) mass is 206 g/mol. The van der Waals surface area contributed by atoms with Crippen LogP contribution in [-0.4, -0.2) is 17.3 Å². The Bertz CT molecular complexity index is 305. The first kappa shape index (κ1) is 10.0. The Labute approximate surface area is 77.8 Å². The number of carbonyl (C=O) groups is 1. The highest BCUT2D eigenvalue weighted by Crippen LogP contribution is 2.21. The van der Waals surface area contributed by atoms with E-state index < -0.39 is 12.3 Å². The van der Waals surface area contributed by atoms with Gasteiger partial charge < -0.3 is 0 Å². The average molecular weight is 206 g/mol. The summed E-state index contributed by atoms with van der Waals surface area (Å²) in [4.78, 5) is 15.3. The molecule has 13 heavy (non-hydrogen) atoms. The molecule has 0 saturated carbocycles. The van der Waals surface area contributed by atoms with Crippen molar-refractivity contribution in [2.24, 2.45) is 0 Å². The number of aryl methyl sites for hydroxylation is 2. The largest absolute Gasteiger partial charge is 0.315 e. The van der Waals surface area contributed by atoms with E-state index >= 15 is 0 Å². The molecule has 1 rings (SSSR count). The van der Waals surface area contributed by atoms with Crippen molar-refractivity contribution in [2.75, 3.05) is 5.32 Å². The molecule has 0 atom stereocenters. The molecule has 0 radical (unpaired) electrons. The zero-order valence-electron chi connectivity index (χ0n) is 7.10. The minimum Gasteiger partial charge on any atom is -0.297 e. The van der Waals surface area contributed by atoms with Gasteiger partial charge in [0, 0.05) is 4.88 Å². The number of halogens is 2. The normalized spacial score (nSPS) is 10.5. The number of alkyl halides is 2. The van der Waals surface area contributed by atoms with Gasteiger partial charge in [-0.1, -0.05) is 0 Å². The third kappa shape index (κ3) is 2.45. The maximum Gasteiger partial charge on any atom is 0.315 e. The first-order valence-corrected chi connectivity index (χ1v) is 4.35. The lowest BCUT2D eigenvalue weighted by molar-refractivity contribution is -0.126. The van der Waals surface area contributed by atoms with Gasteiger partial charge in [-0.25, -0.2) is 4.98 Å². The summed E-state index contributed by atoms with van der Waals surface area (Å²) in [6, 6.07) is 0. The Morgan fingerprint density at radius 3 is 2.54 bits per heavy atom. The van der Waals surface area contributed by atoms with Crippen LogP contribution in [0.5, 0.6) is 0 Å². The lowest BCUT2D eigenvalue weighted by Crippen LogP contribution is -2.19. The number of hydrogen-bond donors (Lipinski definition) is 1. The van der Waals surface area contributed by atoms with Crippen molar-refractivity contribution in [3.8, 4) is 0 Å². The van der Waals surface area contributed by atoms with Crippen LogP contribution in [0, 0.1) is 13.8 Å². The van der Waals surface area contributed by atoms with E-state index in [0.29, 0.717) is 0 Å². The van der Waals surface area contributed by atoms with E-state index in [9.17, 15) is 13.6 Å². The van der Waals surface area contributed by atoms with Gasteiger partial charge in [-0.05, 0) is 13.8 Å². The molecule has 0 fully saturated rings. The Balaban J connectivity index is 2.70. The Kier molecular flexibility index (Phi) is 2.92. The SMILES string of the molecule is Cc1nc(NC(=O)C(F)F)sc1C. The molecule has 0 aliphatic carbocycles. The maximum atomic E-state index is 11.8. The summed E-state index contributed by atoms with van der Waals surface area (Å²) in [6.07, 6.45) is -3.00. The summed E-state index contributed by atoms with van der Waals surface area (Å²) in [7, 11) is 0. The molecular weight excluding hydrogens is 198 g/mol. The van der Waals surface area contributed by atoms with Gasteiger partial charge in [0.05, 0.1) is 5.69 Å². The number of thiazole rings is 1. The number of hydrogen-bond acceptors (Lipinski definition) is 3. The van der Waals surface area contributed by atoms with E-state index in [1.807, 2.05) is 12.2 Å². The van der Waals surface area contributed by atoms with Crippen LogP contribution in [0.25, 0.3) is 0 Å². The molecule has 0 aliphatic heterocycles. The summed E-state index contributed by atoms with van der Waals surface area (Å²) in [5.74, 6) is -1.31. The van der Waals surface area contributed by atoms with Crippen LogP contribution >= 0.6 is 11.3 Å². The molecule has 72 valence electrons. The summed E-state index contributed by atoms with van der Waals surface area (Å²) in [5.41, 5.74) is 0.745. The number of anilines is 1. The van der Waals surface area contributed by atoms with Crippen molar-refractivity contribution in [2.45, 2.75) is 20.3 Å². The molecule has 0 saturated heterocycles. The molecule has 1 aromatic heterocycles. The smallest absolute Gasteiger partial charge is 0.297 e. The molecule has 0 unspecified atom stereocenters. The second-order valence-electron chi connectivity index (χ2n) is 2.45. The van der Waals surface area contributed by atoms with Crippen LogP contribution in [-0.2, 0) is 4.79 Å². The highest BCUT2D eigenvalue weighted by Gasteiger charge is 2.16. The van der Waals surface area contributed by atoms with Crippen molar-refractivity contribution >= 4 is 22.4 Å². The number of nitrogens with zero attached hydrogens (tertiary/aromatic N) is 1. The molecule has 1 amide bonds. The molecular formula is C7H8F2N2OS. The lowest BCUT2D eigenvalue weighted by atomic mass is 10.4. The van der Waals surface area contributed by atoms with Crippen molar-refractivity contribution in [1.82, 2.24) is 4.98 Å². The summed E-state index contributed by atoms with van der Waals surface area (Å²) >= 11 is 1.18. The van der Waals surface area contributed by atoms with Crippen LogP contribution in [0.15, 0.2) is 0 Å². The van der Waals surface area contributed by atoms with Crippen LogP contribution in [0.4, 0.5) is 13.9 Å². The molecule has 0 aliphatic rings. The van der Waals surface area contributed by atoms with Crippen molar-refractivity contribution in [3.05, 3.63) is 10.6 Å². The zero-order chi connectivity index (χ0) is 10.0. The minimum atomic E-state index is -3.00. The molecule has 0 bridgehead atoms. The third-order valence-electron chi connectivity index (χ3n) is 1.46. The maximum absolute atomic E-state index is 11.8. The van der Waals surface area contributed by atoms with Gasteiger partial charge in [-0.2, -0.15) is 8.78 Å². The van der Waals surface area contributed by atoms with E-state index in [4.69, 9.17) is 0 Å². The molecule has 3 nitrogen and oxygen atoms in total. The van der Waals surface area contributed by atoms with Crippen LogP contribution in [0.2, 0.25) is 0 Å². The summed E-state index contributed by atoms with van der Waals surface area (Å²) < 4.78 is 23.6. The molecule has 1 N–H and O–H groups in total. The Morgan fingerprint density at radius 2 is 2.15 bits per heavy atom. The van der Waals surface area contributed by atoms with E-state index in [1.54, 1.807) is 6.92 Å². The van der Waals surface area contributed by atoms with Gasteiger partial charge in [0.15, 0.2) is 5.13 Å². The third-order valence-corrected chi connectivity index (χ3v) is 2.45. The van der Waals surface area contributed by atoms with Crippen LogP contribution in [0.1, 0.15) is 10.6 Å². The van der Waals surface area contributed by atoms with Gasteiger partial charge in [0.25, 0.3) is 5.91 Å². The van der Waals surface area contributed by atoms with Crippen molar-refractivity contribution in [3.63, 3.8) is 0 Å². The predicted octanol–water partition coefficient (Wildman–Crippen LogP) is 1.96. The van der Waals surface area contributed by atoms with E-state index in [0.717, 1.165) is 10.6 Å². The standard InChI is InChI=1S/C7H8F2N2OS/c1-3-4(2)13-7(10-3)11-6(12)5(8)9/h5H,1-2H3,(H,10,11,12). The summed E-state index contributed by atoms with van der Waals surface area (Å²) in [6.45, 7) is 3.56. The first-order valence-electron chi connectivity index (χ1n) is 3.53. The average Bonchev–Trinajstić information content (AvgIpc) is 2.31. The first-order chi connectivity index (χ1) is 6.00. The highest BCUT2D eigenvalue weighted by atomic mass is 32.1. The van der Waals surface area contributed by atoms with Crippen molar-refractivity contribution < 1.29 is 13.6 Å². The second-order valence-corrected chi connectivity index (χ2v) is 3.65. The summed E-state index contributed by atoms with van der Waals surface area (Å²) in [5, 5.41) is 2.24. The molecule has 0 aromatic carbocycles. The zero-order valence-corrected chi connectivity index (χ0v) is 7.91. The minimum absolute atomic E-state index is 0.223. The molecule has 0 spiro atoms. The van der Waals surface area contributed by atoms with Gasteiger partial charge in [-0.15, -0.1) is 11.3 Å². The van der Waals surface area contributed by atoms with Crippen LogP contribution in [0.3, 0.4) is 0 Å². The number of amides is 1. The number of carbonyl (C=O) groups excluding carboxylic acids is 1. The fraction of sp³-hybridized carbons (Fsp3) is 0.429. The fourth-order valence-corrected chi connectivity index (χ4v) is 1.50. The van der Waals surface area contributed by atoms with E-state index in [1.165, 1.54) is 11.3 Å². The van der Waals surface area contributed by atoms with Gasteiger partial charge in [-0.3, -0.25) is 10.1 Å². The Morgan fingerprint density at radius 1 is 1.54 bits per heavy atom. The number of aromatic nitrogens is 1. The van der Waals surface area contributed by atoms with Gasteiger partial charge >= 0.3 is 6.43 Å². The second kappa shape index (κ2) is 3.78. The molecule has 1 aromatic rings. The van der Waals surface area contributed by atoms with E-state index in [-0.39, 0.29) is 5.13 Å². The quantitative estimate of drug-likeness (QED) is 0.803. The fourth-order valence-electron chi connectivity index (χ4n) is 0.686. The highest BCUT2D eigenvalue weighted by molar-refractivity contribution is 7.15. The van der Waals surface area contributed by atoms with Crippen LogP contribution < -0.4 is 5.32 Å².